The molecule has 0 aliphatic heterocycles. The van der Waals surface area contributed by atoms with Crippen LogP contribution in [0.15, 0.2) is 0 Å². The average molecular weight is 8500 g/mol. The van der Waals surface area contributed by atoms with E-state index in [4.69, 9.17) is 0 Å². The minimum atomic E-state index is -0.616. The molecular weight excluding hydrogens is 8500 g/mol. The van der Waals surface area contributed by atoms with E-state index in [1.807, 2.05) is 0 Å². The van der Waals surface area contributed by atoms with Crippen LogP contribution < -0.4 is 13.3 Å². The molecule has 0 unspecified atom stereocenters. The number of rotatable bonds is 32. The molecule has 0 aliphatic carbocycles. The third-order valence-corrected chi connectivity index (χ3v) is 5210. The van der Waals surface area contributed by atoms with Crippen LogP contribution in [-0.2, 0) is 0 Å². The van der Waals surface area contributed by atoms with Gasteiger partial charge in [-0.05, 0) is 0 Å². The molecule has 0 aliphatic rings. The van der Waals surface area contributed by atoms with E-state index in [9.17, 15) is 0 Å². The van der Waals surface area contributed by atoms with Crippen molar-refractivity contribution < 1.29 is 13.3 Å². The van der Waals surface area contributed by atoms with Crippen LogP contribution in [0.3, 0.4) is 0 Å². The zero-order valence-corrected chi connectivity index (χ0v) is 170. The summed E-state index contributed by atoms with van der Waals surface area (Å²) in [7, 11) is -18.1. The Hall–Kier alpha value is 48.9. The maximum atomic E-state index is 3.44. The molecule has 67 heteroatoms. The Labute approximate surface area is 844 Å². The van der Waals surface area contributed by atoms with Crippen LogP contribution in [0.25, 0.3) is 0 Å². The Kier molecular flexibility index (Phi) is 121. The predicted octanol–water partition coefficient (Wildman–Crippen LogP) is 55.5. The molecule has 0 amide bonds. The molecule has 470 valence electrons. The van der Waals surface area contributed by atoms with Crippen molar-refractivity contribution in [2.45, 2.75) is 0 Å². The van der Waals surface area contributed by atoms with Gasteiger partial charge in [-0.25, -0.2) is 0 Å². The second-order valence-corrected chi connectivity index (χ2v) is 1580. The first kappa shape index (κ1) is 116. The predicted molar refractivity (Wildman–Crippen MR) is 925 cm³/mol. The van der Waals surface area contributed by atoms with Crippen molar-refractivity contribution >= 4 is 886 Å². The van der Waals surface area contributed by atoms with Crippen molar-refractivity contribution in [3.05, 3.63) is 0 Å². The van der Waals surface area contributed by atoms with Crippen molar-refractivity contribution in [1.82, 2.24) is 0 Å². The van der Waals surface area contributed by atoms with Gasteiger partial charge in [-0.2, -0.15) is 0 Å². The van der Waals surface area contributed by atoms with Gasteiger partial charge in [0.2, 0.25) is 0 Å². The Balaban J connectivity index is 5.73. The van der Waals surface area contributed by atoms with E-state index in [1.165, 1.54) is 0 Å². The van der Waals surface area contributed by atoms with Crippen molar-refractivity contribution in [1.29, 1.82) is 0 Å². The van der Waals surface area contributed by atoms with Gasteiger partial charge in [0.1, 0.15) is 0 Å². The molecule has 0 saturated carbocycles. The molecule has 0 heterocycles. The fraction of sp³-hybridized carbons (Fsp3) is 0. The SMILES string of the molecule is I[I-]I(I)I(I)I(I)I(I)I(I)I(I)I(I)I(I)I(I)I(I)I(I)I(I)I(I)I(I)I(I)I(I)I(I)I(I)I(I)I(I)I(I)I(I)I(I)I(I)I(I)I(I)I(I)I(I)I(I)I(I)I(I)I(I)I. The molecule has 0 aromatic rings. The summed E-state index contributed by atoms with van der Waals surface area (Å²) in [6, 6.07) is 0. The van der Waals surface area contributed by atoms with Gasteiger partial charge >= 0.3 is 899 Å². The molecule has 0 radical (unpaired) electrons. The molecule has 0 aromatic carbocycles. The summed E-state index contributed by atoms with van der Waals surface area (Å²) in [5.41, 5.74) is 0. The van der Waals surface area contributed by atoms with Crippen LogP contribution in [0.5, 0.6) is 0 Å². The third kappa shape index (κ3) is 47.9. The van der Waals surface area contributed by atoms with E-state index in [2.05, 4.69) is 633 Å². The zero-order valence-electron chi connectivity index (χ0n) is 25.3. The fourth-order valence-electron chi connectivity index (χ4n) is 0.941. The molecule has 0 saturated heterocycles. The van der Waals surface area contributed by atoms with E-state index < -0.39 is 253 Å². The Morgan fingerprint density at radius 1 is 0.134 bits per heavy atom. The first-order valence-electron chi connectivity index (χ1n) is 9.43. The van der Waals surface area contributed by atoms with Crippen LogP contribution in [0.1, 0.15) is 0 Å². The second kappa shape index (κ2) is 70.0. The number of halogens is 67. The number of hydrogen-bond acceptors (Lipinski definition) is 0. The summed E-state index contributed by atoms with van der Waals surface area (Å²) in [6.07, 6.45) is 0. The van der Waals surface area contributed by atoms with Crippen molar-refractivity contribution in [2.24, 2.45) is 0 Å². The monoisotopic (exact) mass is 8500 g/mol. The van der Waals surface area contributed by atoms with Crippen LogP contribution in [0.2, 0.25) is 0 Å². The topological polar surface area (TPSA) is 0 Å². The van der Waals surface area contributed by atoms with Gasteiger partial charge in [0.25, 0.3) is 0 Å². The quantitative estimate of drug-likeness (QED) is 0.0589. The Morgan fingerprint density at radius 3 is 0.313 bits per heavy atom. The molecule has 67 heavy (non-hydrogen) atoms. The molecule has 0 rings (SSSR count). The van der Waals surface area contributed by atoms with E-state index in [0.717, 1.165) is 0 Å². The van der Waals surface area contributed by atoms with E-state index >= 15 is 0 Å². The van der Waals surface area contributed by atoms with Crippen LogP contribution >= 0.6 is 886 Å². The summed E-state index contributed by atoms with van der Waals surface area (Å²) < 4.78 is 0. The van der Waals surface area contributed by atoms with Crippen LogP contribution in [-0.4, -0.2) is 0 Å². The first-order valence-corrected chi connectivity index (χ1v) is 424. The second-order valence-electron chi connectivity index (χ2n) is 5.24. The van der Waals surface area contributed by atoms with Gasteiger partial charge < -0.3 is 0 Å². The normalized spacial score (nSPS) is 19.0. The summed E-state index contributed by atoms with van der Waals surface area (Å²) in [6.45, 7) is 0. The van der Waals surface area contributed by atoms with Gasteiger partial charge in [0.15, 0.2) is 0 Å². The summed E-state index contributed by atoms with van der Waals surface area (Å²) in [5.74, 6) is 0. The Morgan fingerprint density at radius 2 is 0.224 bits per heavy atom. The summed E-state index contributed by atoms with van der Waals surface area (Å²) >= 11 is 114. The molecule has 0 bridgehead atoms. The van der Waals surface area contributed by atoms with E-state index in [1.54, 1.807) is 0 Å². The molecule has 0 fully saturated rings. The zero-order chi connectivity index (χ0) is 53.2. The molecular formula is I67-. The van der Waals surface area contributed by atoms with E-state index in [-0.39, 0.29) is 0 Å². The standard InChI is InChI=1S/I67/c1-35-37(4)39(6)41(8)43(10)45(12)47(14)49(16)51(18)53(20)55(22)57(24)59(26)61(28)63(30)65(32)67(34)66(33)64(31)62(29)60(27)58(25)56(23)54(21)52(19)50(17)48(15)46(13)44(11)42(9)40(7)38(5)36(2)3/q-1. The van der Waals surface area contributed by atoms with Crippen molar-refractivity contribution in [2.75, 3.05) is 0 Å². The van der Waals surface area contributed by atoms with Crippen molar-refractivity contribution in [3.8, 4) is 0 Å². The molecule has 0 N–H and O–H groups in total. The summed E-state index contributed by atoms with van der Waals surface area (Å²) in [5, 5.41) is 0. The maximum absolute atomic E-state index is 3.44. The van der Waals surface area contributed by atoms with Gasteiger partial charge in [-0.15, -0.1) is 0 Å². The third-order valence-electron chi connectivity index (χ3n) is 2.57. The van der Waals surface area contributed by atoms with E-state index in [0.29, 0.717) is 13.3 Å². The molecule has 0 spiro atoms. The molecule has 0 nitrogen and oxygen atoms in total. The molecule has 0 aromatic heterocycles. The average Bonchev–Trinajstić information content (AvgIpc) is 3.33. The van der Waals surface area contributed by atoms with Gasteiger partial charge in [0, 0.05) is 0 Å². The number of hydrogen-bond donors (Lipinski definition) is 0. The fourth-order valence-corrected chi connectivity index (χ4v) is 12800. The molecule has 0 atom stereocenters. The minimum absolute atomic E-state index is 0.409. The first-order chi connectivity index (χ1) is 30.5. The van der Waals surface area contributed by atoms with Gasteiger partial charge in [-0.3, -0.25) is 0 Å². The van der Waals surface area contributed by atoms with Crippen LogP contribution in [0.4, 0.5) is 0 Å². The summed E-state index contributed by atoms with van der Waals surface area (Å²) in [4.78, 5) is 0. The van der Waals surface area contributed by atoms with Crippen LogP contribution in [0, 0.1) is 0 Å². The van der Waals surface area contributed by atoms with Crippen molar-refractivity contribution in [3.63, 3.8) is 0 Å². The van der Waals surface area contributed by atoms with Gasteiger partial charge in [-0.1, -0.05) is 0 Å². The Bertz CT molecular complexity index is 1280. The van der Waals surface area contributed by atoms with Gasteiger partial charge in [0.05, 0.1) is 0 Å².